The highest BCUT2D eigenvalue weighted by Gasteiger charge is 2.23. The topological polar surface area (TPSA) is 74.2 Å². The minimum absolute atomic E-state index is 0.103. The van der Waals surface area contributed by atoms with Gasteiger partial charge in [0.15, 0.2) is 0 Å². The Balaban J connectivity index is 1.53. The lowest BCUT2D eigenvalue weighted by molar-refractivity contribution is -0.117. The molecule has 0 radical (unpaired) electrons. The van der Waals surface area contributed by atoms with Crippen LogP contribution in [0.5, 0.6) is 0 Å². The maximum atomic E-state index is 12.8. The van der Waals surface area contributed by atoms with Crippen molar-refractivity contribution in [2.24, 2.45) is 0 Å². The van der Waals surface area contributed by atoms with Crippen LogP contribution in [-0.2, 0) is 24.3 Å². The molecule has 7 heteroatoms. The molecule has 3 aromatic heterocycles. The number of carbonyl (C=O) groups excluding carboxylic acids is 1. The van der Waals surface area contributed by atoms with Crippen LogP contribution in [0.2, 0.25) is 0 Å². The summed E-state index contributed by atoms with van der Waals surface area (Å²) in [6.45, 7) is 6.31. The predicted octanol–water partition coefficient (Wildman–Crippen LogP) is 3.68. The molecule has 1 aliphatic heterocycles. The van der Waals surface area contributed by atoms with Crippen molar-refractivity contribution in [2.75, 3.05) is 18.4 Å². The summed E-state index contributed by atoms with van der Waals surface area (Å²) in [7, 11) is 0. The quantitative estimate of drug-likeness (QED) is 0.716. The summed E-state index contributed by atoms with van der Waals surface area (Å²) in [6, 6.07) is 8.10. The molecule has 4 rings (SSSR count). The molecule has 0 aliphatic carbocycles. The highest BCUT2D eigenvalue weighted by molar-refractivity contribution is 7.10. The molecule has 0 unspecified atom stereocenters. The molecular formula is C21H22N4O2S. The monoisotopic (exact) mass is 394 g/mol. The molecule has 0 aromatic carbocycles. The third kappa shape index (κ3) is 3.49. The Morgan fingerprint density at radius 1 is 1.39 bits per heavy atom. The zero-order chi connectivity index (χ0) is 19.7. The number of aromatic nitrogens is 1. The van der Waals surface area contributed by atoms with Crippen LogP contribution < -0.4 is 5.32 Å². The Kier molecular flexibility index (Phi) is 5.07. The smallest absolute Gasteiger partial charge is 0.239 e. The van der Waals surface area contributed by atoms with E-state index in [2.05, 4.69) is 27.7 Å². The van der Waals surface area contributed by atoms with Gasteiger partial charge in [0.1, 0.15) is 17.6 Å². The Morgan fingerprint density at radius 2 is 2.25 bits per heavy atom. The fourth-order valence-corrected chi connectivity index (χ4v) is 4.59. The molecule has 1 aliphatic rings. The standard InChI is InChI=1S/C21H22N4O2S/c1-14-15(2)25(12-17-4-3-8-27-17)21(18(14)10-22)23-20(26)13-24-7-5-19-16(11-24)6-9-28-19/h3-4,6,8-9H,5,7,11-13H2,1-2H3,(H,23,26). The fraction of sp³-hybridized carbons (Fsp3) is 0.333. The van der Waals surface area contributed by atoms with E-state index in [-0.39, 0.29) is 5.91 Å². The van der Waals surface area contributed by atoms with Gasteiger partial charge in [-0.3, -0.25) is 9.69 Å². The third-order valence-corrected chi connectivity index (χ3v) is 6.37. The van der Waals surface area contributed by atoms with Crippen molar-refractivity contribution < 1.29 is 9.21 Å². The second kappa shape index (κ2) is 7.66. The zero-order valence-corrected chi connectivity index (χ0v) is 16.8. The number of rotatable bonds is 5. The lowest BCUT2D eigenvalue weighted by Gasteiger charge is -2.26. The Labute approximate surface area is 168 Å². The summed E-state index contributed by atoms with van der Waals surface area (Å²) < 4.78 is 7.40. The number of hydrogen-bond donors (Lipinski definition) is 1. The van der Waals surface area contributed by atoms with Gasteiger partial charge in [-0.15, -0.1) is 11.3 Å². The van der Waals surface area contributed by atoms with Gasteiger partial charge in [0.05, 0.1) is 24.9 Å². The number of fused-ring (bicyclic) bond motifs is 1. The summed E-state index contributed by atoms with van der Waals surface area (Å²) in [5, 5.41) is 14.7. The van der Waals surface area contributed by atoms with E-state index in [9.17, 15) is 10.1 Å². The van der Waals surface area contributed by atoms with E-state index in [0.717, 1.165) is 36.5 Å². The number of nitrogens with one attached hydrogen (secondary N) is 1. The SMILES string of the molecule is Cc1c(C#N)c(NC(=O)CN2CCc3sccc3C2)n(Cc2ccco2)c1C. The van der Waals surface area contributed by atoms with E-state index in [1.165, 1.54) is 10.4 Å². The lowest BCUT2D eigenvalue weighted by atomic mass is 10.1. The molecule has 28 heavy (non-hydrogen) atoms. The Hall–Kier alpha value is -2.82. The van der Waals surface area contributed by atoms with Crippen molar-refractivity contribution in [3.63, 3.8) is 0 Å². The predicted molar refractivity (Wildman–Crippen MR) is 108 cm³/mol. The maximum absolute atomic E-state index is 12.8. The van der Waals surface area contributed by atoms with E-state index in [0.29, 0.717) is 24.5 Å². The van der Waals surface area contributed by atoms with Crippen molar-refractivity contribution in [1.29, 1.82) is 5.26 Å². The van der Waals surface area contributed by atoms with Gasteiger partial charge in [-0.05, 0) is 55.0 Å². The highest BCUT2D eigenvalue weighted by atomic mass is 32.1. The number of thiophene rings is 1. The molecule has 1 N–H and O–H groups in total. The normalized spacial score (nSPS) is 13.9. The number of nitriles is 1. The third-order valence-electron chi connectivity index (χ3n) is 5.35. The minimum atomic E-state index is -0.103. The fourth-order valence-electron chi connectivity index (χ4n) is 3.70. The molecule has 0 spiro atoms. The molecule has 1 amide bonds. The Morgan fingerprint density at radius 3 is 3.00 bits per heavy atom. The van der Waals surface area contributed by atoms with Crippen molar-refractivity contribution in [3.8, 4) is 6.07 Å². The minimum Gasteiger partial charge on any atom is -0.467 e. The maximum Gasteiger partial charge on any atom is 0.239 e. The van der Waals surface area contributed by atoms with Crippen LogP contribution in [0.15, 0.2) is 34.3 Å². The van der Waals surface area contributed by atoms with E-state index in [1.54, 1.807) is 17.6 Å². The van der Waals surface area contributed by atoms with Crippen molar-refractivity contribution in [2.45, 2.75) is 33.4 Å². The number of hydrogen-bond acceptors (Lipinski definition) is 5. The second-order valence-electron chi connectivity index (χ2n) is 7.09. The summed E-state index contributed by atoms with van der Waals surface area (Å²) in [4.78, 5) is 16.3. The zero-order valence-electron chi connectivity index (χ0n) is 16.0. The van der Waals surface area contributed by atoms with Crippen LogP contribution in [0.25, 0.3) is 0 Å². The average molecular weight is 395 g/mol. The number of furan rings is 1. The summed E-state index contributed by atoms with van der Waals surface area (Å²) >= 11 is 1.79. The molecule has 144 valence electrons. The van der Waals surface area contributed by atoms with E-state index in [4.69, 9.17) is 4.42 Å². The molecule has 0 atom stereocenters. The molecule has 3 aromatic rings. The number of nitrogens with zero attached hydrogens (tertiary/aromatic N) is 3. The molecule has 4 heterocycles. The van der Waals surface area contributed by atoms with E-state index in [1.807, 2.05) is 30.5 Å². The highest BCUT2D eigenvalue weighted by Crippen LogP contribution is 2.28. The van der Waals surface area contributed by atoms with Gasteiger partial charge in [0.2, 0.25) is 5.91 Å². The first-order valence-corrected chi connectivity index (χ1v) is 10.1. The van der Waals surface area contributed by atoms with Crippen LogP contribution in [-0.4, -0.2) is 28.5 Å². The first-order valence-electron chi connectivity index (χ1n) is 9.26. The van der Waals surface area contributed by atoms with Crippen molar-refractivity contribution in [1.82, 2.24) is 9.47 Å². The van der Waals surface area contributed by atoms with E-state index >= 15 is 0 Å². The van der Waals surface area contributed by atoms with Crippen LogP contribution in [0, 0.1) is 25.2 Å². The molecule has 0 fully saturated rings. The summed E-state index contributed by atoms with van der Waals surface area (Å²) in [5.41, 5.74) is 3.65. The van der Waals surface area contributed by atoms with Gasteiger partial charge in [0, 0.05) is 23.7 Å². The second-order valence-corrected chi connectivity index (χ2v) is 8.09. The largest absolute Gasteiger partial charge is 0.467 e. The van der Waals surface area contributed by atoms with E-state index < -0.39 is 0 Å². The number of anilines is 1. The summed E-state index contributed by atoms with van der Waals surface area (Å²) in [6.07, 6.45) is 2.61. The van der Waals surface area contributed by atoms with Gasteiger partial charge in [-0.25, -0.2) is 0 Å². The van der Waals surface area contributed by atoms with Gasteiger partial charge in [-0.1, -0.05) is 0 Å². The van der Waals surface area contributed by atoms with Gasteiger partial charge in [0.25, 0.3) is 0 Å². The van der Waals surface area contributed by atoms with Crippen molar-refractivity contribution in [3.05, 3.63) is 62.9 Å². The van der Waals surface area contributed by atoms with Gasteiger partial charge in [-0.2, -0.15) is 5.26 Å². The lowest BCUT2D eigenvalue weighted by Crippen LogP contribution is -2.37. The van der Waals surface area contributed by atoms with Crippen LogP contribution in [0.3, 0.4) is 0 Å². The number of amides is 1. The summed E-state index contributed by atoms with van der Waals surface area (Å²) in [5.74, 6) is 1.22. The molecule has 6 nitrogen and oxygen atoms in total. The van der Waals surface area contributed by atoms with Gasteiger partial charge < -0.3 is 14.3 Å². The van der Waals surface area contributed by atoms with Crippen LogP contribution in [0.1, 0.15) is 33.0 Å². The molecular weight excluding hydrogens is 372 g/mol. The molecule has 0 saturated carbocycles. The van der Waals surface area contributed by atoms with Crippen LogP contribution in [0.4, 0.5) is 5.82 Å². The first kappa shape index (κ1) is 18.5. The molecule has 0 saturated heterocycles. The first-order chi connectivity index (χ1) is 13.6. The van der Waals surface area contributed by atoms with Gasteiger partial charge >= 0.3 is 0 Å². The average Bonchev–Trinajstić information content (AvgIpc) is 3.40. The Bertz CT molecular complexity index is 1040. The van der Waals surface area contributed by atoms with Crippen molar-refractivity contribution >= 4 is 23.1 Å². The van der Waals surface area contributed by atoms with Crippen LogP contribution >= 0.6 is 11.3 Å². The molecule has 0 bridgehead atoms. The number of carbonyl (C=O) groups is 1.